The number of amides is 1. The molecule has 1 N–H and O–H groups in total. The fourth-order valence-electron chi connectivity index (χ4n) is 5.49. The fraction of sp³-hybridized carbons (Fsp3) is 0.550. The lowest BCUT2D eigenvalue weighted by molar-refractivity contribution is -0.258. The largest absolute Gasteiger partial charge is 0.433 e. The summed E-state index contributed by atoms with van der Waals surface area (Å²) in [5.41, 5.74) is -1.23. The molecule has 3 saturated carbocycles. The topological polar surface area (TPSA) is 59.8 Å². The van der Waals surface area contributed by atoms with E-state index in [0.717, 1.165) is 12.3 Å². The summed E-state index contributed by atoms with van der Waals surface area (Å²) in [5.74, 6) is -0.249. The van der Waals surface area contributed by atoms with Crippen molar-refractivity contribution in [1.82, 2.24) is 20.1 Å². The van der Waals surface area contributed by atoms with Crippen LogP contribution in [0.1, 0.15) is 49.5 Å². The third-order valence-corrected chi connectivity index (χ3v) is 6.65. The molecule has 0 aromatic carbocycles. The summed E-state index contributed by atoms with van der Waals surface area (Å²) >= 11 is 0. The van der Waals surface area contributed by atoms with Gasteiger partial charge in [-0.15, -0.1) is 0 Å². The minimum Gasteiger partial charge on any atom is -0.347 e. The number of pyridine rings is 1. The van der Waals surface area contributed by atoms with Crippen LogP contribution in [-0.2, 0) is 17.5 Å². The third-order valence-electron chi connectivity index (χ3n) is 6.65. The minimum absolute atomic E-state index is 0.249. The maximum Gasteiger partial charge on any atom is 0.433 e. The lowest BCUT2D eigenvalue weighted by atomic mass is 9.34. The first-order chi connectivity index (χ1) is 14.4. The number of halogens is 6. The van der Waals surface area contributed by atoms with Crippen molar-refractivity contribution < 1.29 is 31.1 Å². The lowest BCUT2D eigenvalue weighted by Gasteiger charge is -2.69. The number of hydrogen-bond acceptors (Lipinski definition) is 3. The maximum absolute atomic E-state index is 12.9. The zero-order valence-corrected chi connectivity index (χ0v) is 16.1. The molecule has 2 bridgehead atoms. The number of aromatic nitrogens is 3. The highest BCUT2D eigenvalue weighted by Gasteiger charge is 2.73. The van der Waals surface area contributed by atoms with Gasteiger partial charge in [-0.1, -0.05) is 0 Å². The molecule has 31 heavy (non-hydrogen) atoms. The Kier molecular flexibility index (Phi) is 4.08. The molecule has 3 fully saturated rings. The van der Waals surface area contributed by atoms with E-state index < -0.39 is 35.3 Å². The Labute approximate surface area is 172 Å². The highest BCUT2D eigenvalue weighted by molar-refractivity contribution is 5.86. The van der Waals surface area contributed by atoms with Gasteiger partial charge >= 0.3 is 12.4 Å². The van der Waals surface area contributed by atoms with Crippen LogP contribution in [0, 0.1) is 10.8 Å². The van der Waals surface area contributed by atoms with Crippen molar-refractivity contribution in [3.63, 3.8) is 0 Å². The minimum atomic E-state index is -4.57. The summed E-state index contributed by atoms with van der Waals surface area (Å²) in [5, 5.41) is 7.27. The monoisotopic (exact) mass is 444 g/mol. The normalized spacial score (nSPS) is 29.2. The Morgan fingerprint density at radius 3 is 2.52 bits per heavy atom. The summed E-state index contributed by atoms with van der Waals surface area (Å²) in [6, 6.07) is 3.63. The molecule has 1 amide bonds. The summed E-state index contributed by atoms with van der Waals surface area (Å²) < 4.78 is 78.4. The van der Waals surface area contributed by atoms with Crippen LogP contribution < -0.4 is 5.32 Å². The third kappa shape index (κ3) is 3.38. The van der Waals surface area contributed by atoms with Gasteiger partial charge < -0.3 is 5.32 Å². The second-order valence-electron chi connectivity index (χ2n) is 9.02. The smallest absolute Gasteiger partial charge is 0.347 e. The predicted molar refractivity (Wildman–Crippen MR) is 95.3 cm³/mol. The SMILES string of the molecule is O=C(N[C@H]1CCn2nc(-c3ccnc(C(F)(F)F)c3)cc21)C12CC(CC(F)(F)F)(C1)C2. The van der Waals surface area contributed by atoms with Crippen LogP contribution in [0.3, 0.4) is 0 Å². The Hall–Kier alpha value is -2.59. The Bertz CT molecular complexity index is 1040. The Morgan fingerprint density at radius 2 is 1.87 bits per heavy atom. The van der Waals surface area contributed by atoms with E-state index in [2.05, 4.69) is 15.4 Å². The van der Waals surface area contributed by atoms with Gasteiger partial charge in [-0.2, -0.15) is 31.4 Å². The number of carbonyl (C=O) groups is 1. The number of nitrogens with zero attached hydrogens (tertiary/aromatic N) is 3. The molecule has 1 atom stereocenters. The van der Waals surface area contributed by atoms with Crippen molar-refractivity contribution in [2.24, 2.45) is 10.8 Å². The van der Waals surface area contributed by atoms with Gasteiger partial charge in [0.2, 0.25) is 5.91 Å². The number of aryl methyl sites for hydroxylation is 1. The molecule has 3 aliphatic carbocycles. The Morgan fingerprint density at radius 1 is 1.16 bits per heavy atom. The second kappa shape index (κ2) is 6.23. The van der Waals surface area contributed by atoms with Crippen molar-refractivity contribution in [3.05, 3.63) is 35.8 Å². The van der Waals surface area contributed by atoms with Gasteiger partial charge in [0.25, 0.3) is 0 Å². The summed E-state index contributed by atoms with van der Waals surface area (Å²) in [7, 11) is 0. The predicted octanol–water partition coefficient (Wildman–Crippen LogP) is 4.65. The van der Waals surface area contributed by atoms with Crippen molar-refractivity contribution in [2.45, 2.75) is 57.0 Å². The van der Waals surface area contributed by atoms with Crippen LogP contribution in [0.25, 0.3) is 11.3 Å². The van der Waals surface area contributed by atoms with Crippen molar-refractivity contribution >= 4 is 5.91 Å². The van der Waals surface area contributed by atoms with Crippen LogP contribution in [0.4, 0.5) is 26.3 Å². The number of fused-ring (bicyclic) bond motifs is 1. The second-order valence-corrected chi connectivity index (χ2v) is 9.02. The van der Waals surface area contributed by atoms with Crippen molar-refractivity contribution in [2.75, 3.05) is 0 Å². The first-order valence-corrected chi connectivity index (χ1v) is 9.87. The molecule has 6 rings (SSSR count). The van der Waals surface area contributed by atoms with E-state index in [1.54, 1.807) is 10.7 Å². The van der Waals surface area contributed by atoms with E-state index in [9.17, 15) is 31.1 Å². The average molecular weight is 444 g/mol. The van der Waals surface area contributed by atoms with Crippen molar-refractivity contribution in [3.8, 4) is 11.3 Å². The number of rotatable bonds is 4. The number of nitrogens with one attached hydrogen (secondary N) is 1. The maximum atomic E-state index is 12.9. The van der Waals surface area contributed by atoms with E-state index >= 15 is 0 Å². The Balaban J connectivity index is 1.28. The van der Waals surface area contributed by atoms with Crippen molar-refractivity contribution in [1.29, 1.82) is 0 Å². The first kappa shape index (κ1) is 20.3. The molecule has 166 valence electrons. The molecule has 5 nitrogen and oxygen atoms in total. The van der Waals surface area contributed by atoms with E-state index in [1.807, 2.05) is 0 Å². The van der Waals surface area contributed by atoms with Crippen LogP contribution in [0.2, 0.25) is 0 Å². The standard InChI is InChI=1S/C20H18F6N4O/c21-19(22,23)10-17-7-18(8-17,9-17)16(31)28-12-2-4-30-14(12)6-13(29-30)11-1-3-27-15(5-11)20(24,25)26/h1,3,5-6,12H,2,4,7-10H2,(H,28,31)/t12-,17?,18?/m0/s1. The molecule has 0 spiro atoms. The fourth-order valence-corrected chi connectivity index (χ4v) is 5.49. The molecule has 1 aliphatic heterocycles. The summed E-state index contributed by atoms with van der Waals surface area (Å²) in [6.07, 6.45) is -7.25. The zero-order chi connectivity index (χ0) is 22.2. The molecule has 0 radical (unpaired) electrons. The van der Waals surface area contributed by atoms with E-state index in [0.29, 0.717) is 24.4 Å². The van der Waals surface area contributed by atoms with E-state index in [-0.39, 0.29) is 36.8 Å². The van der Waals surface area contributed by atoms with Gasteiger partial charge in [0.1, 0.15) is 5.69 Å². The highest BCUT2D eigenvalue weighted by atomic mass is 19.4. The van der Waals surface area contributed by atoms with Crippen LogP contribution in [0.5, 0.6) is 0 Å². The van der Waals surface area contributed by atoms with Crippen LogP contribution in [0.15, 0.2) is 24.4 Å². The van der Waals surface area contributed by atoms with E-state index in [1.165, 1.54) is 6.07 Å². The number of hydrogen-bond donors (Lipinski definition) is 1. The van der Waals surface area contributed by atoms with Gasteiger partial charge in [-0.05, 0) is 49.3 Å². The molecular weight excluding hydrogens is 426 g/mol. The van der Waals surface area contributed by atoms with Crippen LogP contribution >= 0.6 is 0 Å². The van der Waals surface area contributed by atoms with Gasteiger partial charge in [-0.3, -0.25) is 14.5 Å². The number of carbonyl (C=O) groups excluding carboxylic acids is 1. The quantitative estimate of drug-likeness (QED) is 0.699. The van der Waals surface area contributed by atoms with E-state index in [4.69, 9.17) is 0 Å². The first-order valence-electron chi connectivity index (χ1n) is 9.87. The molecule has 3 heterocycles. The van der Waals surface area contributed by atoms with Gasteiger partial charge in [0.05, 0.1) is 22.8 Å². The molecule has 4 aliphatic rings. The van der Waals surface area contributed by atoms with Gasteiger partial charge in [0, 0.05) is 24.7 Å². The molecule has 2 aromatic rings. The number of alkyl halides is 6. The molecule has 0 unspecified atom stereocenters. The van der Waals surface area contributed by atoms with Crippen LogP contribution in [-0.4, -0.2) is 26.8 Å². The lowest BCUT2D eigenvalue weighted by Crippen LogP contribution is -2.68. The molecule has 0 saturated heterocycles. The van der Waals surface area contributed by atoms with Gasteiger partial charge in [0.15, 0.2) is 0 Å². The summed E-state index contributed by atoms with van der Waals surface area (Å²) in [4.78, 5) is 16.1. The zero-order valence-electron chi connectivity index (χ0n) is 16.1. The molecular formula is C20H18F6N4O. The molecule has 11 heteroatoms. The average Bonchev–Trinajstić information content (AvgIpc) is 3.17. The van der Waals surface area contributed by atoms with Gasteiger partial charge in [-0.25, -0.2) is 0 Å². The highest BCUT2D eigenvalue weighted by Crippen LogP contribution is 2.76. The molecule has 2 aromatic heterocycles. The summed E-state index contributed by atoms with van der Waals surface area (Å²) in [6.45, 7) is 0.489.